The summed E-state index contributed by atoms with van der Waals surface area (Å²) in [5.74, 6) is -1.06. The smallest absolute Gasteiger partial charge is 0.258 e. The van der Waals surface area contributed by atoms with Gasteiger partial charge in [0, 0.05) is 24.2 Å². The van der Waals surface area contributed by atoms with E-state index in [1.54, 1.807) is 12.1 Å². The molecular formula is C24H29N5O3. The average Bonchev–Trinajstić information content (AvgIpc) is 2.73. The number of fused-ring (bicyclic) bond motifs is 1. The summed E-state index contributed by atoms with van der Waals surface area (Å²) in [6.07, 6.45) is 3.03. The minimum absolute atomic E-state index is 0.108. The molecule has 1 fully saturated rings. The maximum absolute atomic E-state index is 13.1. The first-order valence-electron chi connectivity index (χ1n) is 11.0. The third-order valence-electron chi connectivity index (χ3n) is 6.34. The molecule has 8 heteroatoms. The molecule has 32 heavy (non-hydrogen) atoms. The molecule has 0 aliphatic carbocycles. The number of carbonyl (C=O) groups is 2. The molecule has 3 atom stereocenters. The molecule has 0 bridgehead atoms. The molecule has 168 valence electrons. The Kier molecular flexibility index (Phi) is 5.86. The van der Waals surface area contributed by atoms with Crippen LogP contribution in [0.1, 0.15) is 63.5 Å². The molecule has 0 spiro atoms. The molecule has 8 nitrogen and oxygen atoms in total. The Morgan fingerprint density at radius 2 is 1.81 bits per heavy atom. The van der Waals surface area contributed by atoms with Crippen LogP contribution < -0.4 is 21.1 Å². The SMILES string of the molecule is C=C(C)c1ccc(NC(=O)[C@@H]2CC(=O)Nc3nc(N4[C@H](C)CCC[C@@H]4C)[nH]c(=O)c32)cc1. The van der Waals surface area contributed by atoms with Crippen molar-refractivity contribution in [2.24, 2.45) is 0 Å². The van der Waals surface area contributed by atoms with Gasteiger partial charge in [0.25, 0.3) is 5.56 Å². The summed E-state index contributed by atoms with van der Waals surface area (Å²) in [7, 11) is 0. The molecule has 1 aromatic heterocycles. The third-order valence-corrected chi connectivity index (χ3v) is 6.34. The van der Waals surface area contributed by atoms with E-state index in [0.717, 1.165) is 30.4 Å². The Morgan fingerprint density at radius 3 is 2.44 bits per heavy atom. The second kappa shape index (κ2) is 8.61. The third kappa shape index (κ3) is 4.17. The van der Waals surface area contributed by atoms with Gasteiger partial charge in [-0.2, -0.15) is 4.98 Å². The van der Waals surface area contributed by atoms with Crippen molar-refractivity contribution in [3.63, 3.8) is 0 Å². The summed E-state index contributed by atoms with van der Waals surface area (Å²) in [6.45, 7) is 10.0. The lowest BCUT2D eigenvalue weighted by Gasteiger charge is -2.39. The van der Waals surface area contributed by atoms with Crippen molar-refractivity contribution in [3.05, 3.63) is 52.3 Å². The van der Waals surface area contributed by atoms with Crippen LogP contribution >= 0.6 is 0 Å². The minimum Gasteiger partial charge on any atom is -0.337 e. The lowest BCUT2D eigenvalue weighted by molar-refractivity contribution is -0.123. The van der Waals surface area contributed by atoms with E-state index in [4.69, 9.17) is 0 Å². The highest BCUT2D eigenvalue weighted by Gasteiger charge is 2.36. The van der Waals surface area contributed by atoms with Crippen LogP contribution in [0, 0.1) is 0 Å². The molecule has 2 aromatic rings. The number of anilines is 3. The van der Waals surface area contributed by atoms with Crippen molar-refractivity contribution in [1.29, 1.82) is 0 Å². The van der Waals surface area contributed by atoms with Crippen LogP contribution in [0.3, 0.4) is 0 Å². The number of rotatable bonds is 4. The molecule has 0 radical (unpaired) electrons. The lowest BCUT2D eigenvalue weighted by Crippen LogP contribution is -2.46. The quantitative estimate of drug-likeness (QED) is 0.680. The van der Waals surface area contributed by atoms with Gasteiger partial charge >= 0.3 is 0 Å². The molecule has 1 saturated heterocycles. The Balaban J connectivity index is 1.64. The van der Waals surface area contributed by atoms with Gasteiger partial charge in [0.2, 0.25) is 17.8 Å². The maximum atomic E-state index is 13.1. The van der Waals surface area contributed by atoms with Crippen molar-refractivity contribution in [1.82, 2.24) is 9.97 Å². The predicted octanol–water partition coefficient (Wildman–Crippen LogP) is 3.63. The van der Waals surface area contributed by atoms with E-state index < -0.39 is 17.4 Å². The summed E-state index contributed by atoms with van der Waals surface area (Å²) in [5.41, 5.74) is 2.28. The van der Waals surface area contributed by atoms with Gasteiger partial charge in [-0.15, -0.1) is 0 Å². The van der Waals surface area contributed by atoms with E-state index in [1.807, 2.05) is 19.1 Å². The van der Waals surface area contributed by atoms with Crippen molar-refractivity contribution < 1.29 is 9.59 Å². The van der Waals surface area contributed by atoms with Gasteiger partial charge in [-0.25, -0.2) is 0 Å². The highest BCUT2D eigenvalue weighted by Crippen LogP contribution is 2.32. The van der Waals surface area contributed by atoms with Gasteiger partial charge in [0.1, 0.15) is 5.82 Å². The zero-order valence-electron chi connectivity index (χ0n) is 18.7. The van der Waals surface area contributed by atoms with E-state index in [2.05, 4.69) is 45.9 Å². The number of carbonyl (C=O) groups excluding carboxylic acids is 2. The van der Waals surface area contributed by atoms with Crippen molar-refractivity contribution in [3.8, 4) is 0 Å². The number of amides is 2. The van der Waals surface area contributed by atoms with Gasteiger partial charge in [0.15, 0.2) is 0 Å². The van der Waals surface area contributed by atoms with Crippen molar-refractivity contribution >= 4 is 34.8 Å². The number of hydrogen-bond donors (Lipinski definition) is 3. The highest BCUT2D eigenvalue weighted by molar-refractivity contribution is 6.04. The Morgan fingerprint density at radius 1 is 1.16 bits per heavy atom. The molecule has 3 N–H and O–H groups in total. The number of aromatic nitrogens is 2. The number of piperidine rings is 1. The summed E-state index contributed by atoms with van der Waals surface area (Å²) >= 11 is 0. The zero-order chi connectivity index (χ0) is 23.0. The fourth-order valence-corrected chi connectivity index (χ4v) is 4.61. The van der Waals surface area contributed by atoms with Crippen LogP contribution in [0.4, 0.5) is 17.5 Å². The summed E-state index contributed by atoms with van der Waals surface area (Å²) in [5, 5.41) is 5.51. The molecule has 0 saturated carbocycles. The standard InChI is InChI=1S/C24H29N5O3/c1-13(2)16-8-10-17(11-9-16)25-22(31)18-12-19(30)26-21-20(18)23(32)28-24(27-21)29-14(3)6-5-7-15(29)4/h8-11,14-15,18H,1,5-7,12H2,2-4H3,(H,25,31)(H2,26,27,28,30,32)/t14-,15+,18-/m1/s1. The van der Waals surface area contributed by atoms with Crippen LogP contribution in [-0.2, 0) is 9.59 Å². The maximum Gasteiger partial charge on any atom is 0.258 e. The topological polar surface area (TPSA) is 107 Å². The second-order valence-electron chi connectivity index (χ2n) is 8.84. The normalized spacial score (nSPS) is 22.7. The second-order valence-corrected chi connectivity index (χ2v) is 8.84. The Hall–Kier alpha value is -3.42. The molecule has 0 unspecified atom stereocenters. The monoisotopic (exact) mass is 435 g/mol. The minimum atomic E-state index is -0.916. The van der Waals surface area contributed by atoms with E-state index in [0.29, 0.717) is 11.6 Å². The number of H-pyrrole nitrogens is 1. The van der Waals surface area contributed by atoms with Gasteiger partial charge in [-0.1, -0.05) is 24.3 Å². The van der Waals surface area contributed by atoms with Crippen LogP contribution in [0.5, 0.6) is 0 Å². The molecule has 2 aliphatic heterocycles. The van der Waals surface area contributed by atoms with Gasteiger partial charge in [0.05, 0.1) is 11.5 Å². The fourth-order valence-electron chi connectivity index (χ4n) is 4.61. The molecule has 2 amide bonds. The van der Waals surface area contributed by atoms with E-state index in [1.165, 1.54) is 0 Å². The van der Waals surface area contributed by atoms with Crippen LogP contribution in [0.2, 0.25) is 0 Å². The van der Waals surface area contributed by atoms with Gasteiger partial charge in [-0.05, 0) is 57.7 Å². The first-order chi connectivity index (χ1) is 15.2. The largest absolute Gasteiger partial charge is 0.337 e. The van der Waals surface area contributed by atoms with Crippen LogP contribution in [0.15, 0.2) is 35.6 Å². The van der Waals surface area contributed by atoms with Crippen LogP contribution in [-0.4, -0.2) is 33.9 Å². The summed E-state index contributed by atoms with van der Waals surface area (Å²) in [4.78, 5) is 48.0. The van der Waals surface area contributed by atoms with E-state index in [-0.39, 0.29) is 35.8 Å². The number of benzene rings is 1. The lowest BCUT2D eigenvalue weighted by atomic mass is 9.92. The van der Waals surface area contributed by atoms with E-state index >= 15 is 0 Å². The zero-order valence-corrected chi connectivity index (χ0v) is 18.7. The molecule has 1 aromatic carbocycles. The fraction of sp³-hybridized carbons (Fsp3) is 0.417. The van der Waals surface area contributed by atoms with Crippen molar-refractivity contribution in [2.75, 3.05) is 15.5 Å². The van der Waals surface area contributed by atoms with Gasteiger partial charge in [-0.3, -0.25) is 19.4 Å². The molecular weight excluding hydrogens is 406 g/mol. The van der Waals surface area contributed by atoms with Gasteiger partial charge < -0.3 is 15.5 Å². The molecule has 3 heterocycles. The highest BCUT2D eigenvalue weighted by atomic mass is 16.2. The van der Waals surface area contributed by atoms with Crippen LogP contribution in [0.25, 0.3) is 5.57 Å². The first-order valence-corrected chi connectivity index (χ1v) is 11.0. The summed E-state index contributed by atoms with van der Waals surface area (Å²) < 4.78 is 0. The average molecular weight is 436 g/mol. The Labute approximate surface area is 187 Å². The van der Waals surface area contributed by atoms with Crippen molar-refractivity contribution in [2.45, 2.75) is 64.5 Å². The van der Waals surface area contributed by atoms with E-state index in [9.17, 15) is 14.4 Å². The number of hydrogen-bond acceptors (Lipinski definition) is 5. The Bertz CT molecular complexity index is 1110. The molecule has 4 rings (SSSR count). The molecule has 2 aliphatic rings. The predicted molar refractivity (Wildman–Crippen MR) is 126 cm³/mol. The number of nitrogens with one attached hydrogen (secondary N) is 3. The first kappa shape index (κ1) is 21.8. The number of aromatic amines is 1. The number of nitrogens with zero attached hydrogens (tertiary/aromatic N) is 2. The number of allylic oxidation sites excluding steroid dienone is 1. The summed E-state index contributed by atoms with van der Waals surface area (Å²) in [6, 6.07) is 7.72.